The van der Waals surface area contributed by atoms with E-state index in [-0.39, 0.29) is 35.2 Å². The molecule has 0 atom stereocenters. The van der Waals surface area contributed by atoms with Crippen LogP contribution in [0.15, 0.2) is 44.5 Å². The second-order valence-electron chi connectivity index (χ2n) is 4.41. The quantitative estimate of drug-likeness (QED) is 0.520. The number of rotatable bonds is 4. The summed E-state index contributed by atoms with van der Waals surface area (Å²) in [7, 11) is 3.34. The molecular weight excluding hydrogens is 348 g/mol. The van der Waals surface area contributed by atoms with Gasteiger partial charge in [-0.3, -0.25) is 0 Å². The van der Waals surface area contributed by atoms with Crippen molar-refractivity contribution in [3.63, 3.8) is 0 Å². The van der Waals surface area contributed by atoms with E-state index in [1.807, 2.05) is 0 Å². The van der Waals surface area contributed by atoms with E-state index in [1.165, 1.54) is 9.36 Å². The Morgan fingerprint density at radius 1 is 0.833 bits per heavy atom. The minimum Gasteiger partial charge on any atom is -0.236 e. The number of tetrazole rings is 2. The van der Waals surface area contributed by atoms with Gasteiger partial charge in [0.05, 0.1) is 16.5 Å². The molecule has 3 heterocycles. The van der Waals surface area contributed by atoms with E-state index in [1.54, 1.807) is 14.1 Å². The molecule has 10 nitrogen and oxygen atoms in total. The summed E-state index contributed by atoms with van der Waals surface area (Å²) in [5.41, 5.74) is 0.119. The average molecular weight is 362 g/mol. The van der Waals surface area contributed by atoms with Crippen LogP contribution in [0.4, 0.5) is 0 Å². The number of aromatic nitrogens is 10. The van der Waals surface area contributed by atoms with Crippen LogP contribution < -0.4 is 0 Å². The van der Waals surface area contributed by atoms with Gasteiger partial charge in [0.25, 0.3) is 0 Å². The summed E-state index contributed by atoms with van der Waals surface area (Å²) in [5.74, 6) is 0. The van der Waals surface area contributed by atoms with Crippen LogP contribution in [0.5, 0.6) is 0 Å². The Balaban J connectivity index is 1.94. The number of hydrogen-bond acceptors (Lipinski definition) is 10. The van der Waals surface area contributed by atoms with Crippen molar-refractivity contribution in [2.75, 3.05) is 0 Å². The molecule has 0 aliphatic heterocycles. The Morgan fingerprint density at radius 3 is 1.67 bits per heavy atom. The van der Waals surface area contributed by atoms with Crippen molar-refractivity contribution in [3.05, 3.63) is 24.2 Å². The van der Waals surface area contributed by atoms with E-state index in [4.69, 9.17) is 5.48 Å². The van der Waals surface area contributed by atoms with Gasteiger partial charge in [-0.15, -0.1) is 10.2 Å². The van der Waals surface area contributed by atoms with Crippen LogP contribution in [0.25, 0.3) is 11.0 Å². The van der Waals surface area contributed by atoms with Crippen molar-refractivity contribution in [2.24, 2.45) is 14.1 Å². The van der Waals surface area contributed by atoms with Crippen molar-refractivity contribution in [1.82, 2.24) is 50.4 Å². The third-order valence-corrected chi connectivity index (χ3v) is 4.94. The first-order valence-corrected chi connectivity index (χ1v) is 8.08. The molecule has 12 heteroatoms. The fraction of sp³-hybridized carbons (Fsp3) is 0.167. The summed E-state index contributed by atoms with van der Waals surface area (Å²) in [6.07, 6.45) is 0. The van der Waals surface area contributed by atoms with Crippen molar-refractivity contribution < 1.29 is 5.48 Å². The smallest absolute Gasteiger partial charge is 0.215 e. The number of para-hydroxylation sites is 2. The molecule has 3 aromatic heterocycles. The van der Waals surface area contributed by atoms with E-state index >= 15 is 0 Å². The lowest BCUT2D eigenvalue weighted by Crippen LogP contribution is -1.98. The maximum absolute atomic E-state index is 8.12. The molecule has 0 amide bonds. The third kappa shape index (κ3) is 2.80. The topological polar surface area (TPSA) is 113 Å². The highest BCUT2D eigenvalue weighted by Crippen LogP contribution is 2.35. The SMILES string of the molecule is [2H]c1c([2H])c([2H])c2nc(Sc3nnnn3C)c(Sc3nnnn3C)nc2c1[2H]. The molecule has 24 heavy (non-hydrogen) atoms. The van der Waals surface area contributed by atoms with Crippen LogP contribution in [-0.2, 0) is 14.1 Å². The van der Waals surface area contributed by atoms with Gasteiger partial charge in [-0.05, 0) is 56.5 Å². The molecule has 4 aromatic rings. The minimum atomic E-state index is -0.374. The van der Waals surface area contributed by atoms with E-state index in [9.17, 15) is 0 Å². The first kappa shape index (κ1) is 11.0. The number of nitrogens with zero attached hydrogens (tertiary/aromatic N) is 10. The zero-order chi connectivity index (χ0) is 20.0. The molecular formula is C12H10N10S2. The lowest BCUT2D eigenvalue weighted by molar-refractivity contribution is 0.662. The van der Waals surface area contributed by atoms with E-state index < -0.39 is 0 Å². The monoisotopic (exact) mass is 362 g/mol. The van der Waals surface area contributed by atoms with Gasteiger partial charge in [0, 0.05) is 14.1 Å². The third-order valence-electron chi connectivity index (χ3n) is 2.80. The molecule has 0 saturated carbocycles. The fourth-order valence-electron chi connectivity index (χ4n) is 1.68. The largest absolute Gasteiger partial charge is 0.236 e. The number of aryl methyl sites for hydroxylation is 2. The summed E-state index contributed by atoms with van der Waals surface area (Å²) in [4.78, 5) is 8.89. The van der Waals surface area contributed by atoms with Crippen LogP contribution in [0.3, 0.4) is 0 Å². The number of hydrogen-bond donors (Lipinski definition) is 0. The normalized spacial score (nSPS) is 13.6. The molecule has 0 spiro atoms. The lowest BCUT2D eigenvalue weighted by Gasteiger charge is -2.07. The average Bonchev–Trinajstić information content (AvgIpc) is 3.27. The van der Waals surface area contributed by atoms with E-state index in [0.29, 0.717) is 20.4 Å². The molecule has 0 aliphatic carbocycles. The van der Waals surface area contributed by atoms with Crippen LogP contribution in [-0.4, -0.2) is 50.4 Å². The summed E-state index contributed by atoms with van der Waals surface area (Å²) in [5, 5.41) is 24.1. The Hall–Kier alpha value is -2.60. The fourth-order valence-corrected chi connectivity index (χ4v) is 3.31. The Bertz CT molecular complexity index is 1120. The van der Waals surface area contributed by atoms with Gasteiger partial charge in [0.15, 0.2) is 0 Å². The van der Waals surface area contributed by atoms with Gasteiger partial charge < -0.3 is 0 Å². The predicted octanol–water partition coefficient (Wildman–Crippen LogP) is 0.979. The summed E-state index contributed by atoms with van der Waals surface area (Å²) in [6.45, 7) is 0. The second-order valence-corrected chi connectivity index (χ2v) is 6.32. The van der Waals surface area contributed by atoms with Gasteiger partial charge in [0.2, 0.25) is 10.3 Å². The molecule has 4 rings (SSSR count). The summed E-state index contributed by atoms with van der Waals surface area (Å²) >= 11 is 2.23. The van der Waals surface area contributed by atoms with Gasteiger partial charge >= 0.3 is 0 Å². The molecule has 0 radical (unpaired) electrons. The van der Waals surface area contributed by atoms with Crippen LogP contribution in [0.1, 0.15) is 5.48 Å². The zero-order valence-electron chi connectivity index (χ0n) is 16.3. The second kappa shape index (κ2) is 6.13. The van der Waals surface area contributed by atoms with E-state index in [0.717, 1.165) is 23.5 Å². The zero-order valence-corrected chi connectivity index (χ0v) is 13.9. The molecule has 0 unspecified atom stereocenters. The maximum Gasteiger partial charge on any atom is 0.215 e. The summed E-state index contributed by atoms with van der Waals surface area (Å²) < 4.78 is 34.9. The molecule has 120 valence electrons. The Labute approximate surface area is 149 Å². The van der Waals surface area contributed by atoms with Crippen LogP contribution in [0.2, 0.25) is 0 Å². The highest BCUT2D eigenvalue weighted by molar-refractivity contribution is 8.02. The van der Waals surface area contributed by atoms with Crippen molar-refractivity contribution in [1.29, 1.82) is 0 Å². The standard InChI is InChI=1S/C12H10N10S2/c1-21-11(15-17-19-21)23-9-10(24-12-16-18-20-22(12)2)14-8-6-4-3-5-7(8)13-9/h3-6H,1-2H3/i3D,4D,5D,6D. The molecule has 0 aliphatic rings. The van der Waals surface area contributed by atoms with Gasteiger partial charge in [0.1, 0.15) is 10.1 Å². The number of fused-ring (bicyclic) bond motifs is 1. The Morgan fingerprint density at radius 2 is 1.29 bits per heavy atom. The van der Waals surface area contributed by atoms with Crippen LogP contribution in [0, 0.1) is 0 Å². The van der Waals surface area contributed by atoms with Gasteiger partial charge in [-0.2, -0.15) is 0 Å². The van der Waals surface area contributed by atoms with Crippen molar-refractivity contribution >= 4 is 34.6 Å². The lowest BCUT2D eigenvalue weighted by atomic mass is 10.3. The highest BCUT2D eigenvalue weighted by Gasteiger charge is 2.17. The number of benzene rings is 1. The summed E-state index contributed by atoms with van der Waals surface area (Å²) in [6, 6.07) is -1.28. The minimum absolute atomic E-state index is 0.0593. The predicted molar refractivity (Wildman–Crippen MR) is 85.4 cm³/mol. The molecule has 0 bridgehead atoms. The first-order chi connectivity index (χ1) is 13.4. The van der Waals surface area contributed by atoms with E-state index in [2.05, 4.69) is 41.0 Å². The molecule has 0 N–H and O–H groups in total. The van der Waals surface area contributed by atoms with Crippen molar-refractivity contribution in [2.45, 2.75) is 20.4 Å². The molecule has 0 saturated heterocycles. The molecule has 0 fully saturated rings. The van der Waals surface area contributed by atoms with Gasteiger partial charge in [-0.1, -0.05) is 12.1 Å². The molecule has 1 aromatic carbocycles. The van der Waals surface area contributed by atoms with Crippen LogP contribution >= 0.6 is 23.5 Å². The van der Waals surface area contributed by atoms with Crippen molar-refractivity contribution in [3.8, 4) is 0 Å². The maximum atomic E-state index is 8.12. The highest BCUT2D eigenvalue weighted by atomic mass is 32.2. The van der Waals surface area contributed by atoms with Gasteiger partial charge in [-0.25, -0.2) is 19.3 Å². The Kier molecular flexibility index (Phi) is 2.82. The first-order valence-electron chi connectivity index (χ1n) is 8.45.